The lowest BCUT2D eigenvalue weighted by Crippen LogP contribution is -2.15. The first-order valence-electron chi connectivity index (χ1n) is 6.37. The van der Waals surface area contributed by atoms with Gasteiger partial charge in [0.2, 0.25) is 0 Å². The van der Waals surface area contributed by atoms with Crippen LogP contribution in [0.25, 0.3) is 0 Å². The van der Waals surface area contributed by atoms with Gasteiger partial charge in [0.15, 0.2) is 11.6 Å². The summed E-state index contributed by atoms with van der Waals surface area (Å²) in [7, 11) is 0. The number of halogens is 2. The quantitative estimate of drug-likeness (QED) is 0.853. The topological polar surface area (TPSA) is 26.0 Å². The molecule has 1 nitrogen and oxygen atoms in total. The summed E-state index contributed by atoms with van der Waals surface area (Å²) < 4.78 is 26.2. The van der Waals surface area contributed by atoms with Crippen molar-refractivity contribution in [2.45, 2.75) is 38.0 Å². The minimum atomic E-state index is -0.772. The van der Waals surface area contributed by atoms with Gasteiger partial charge in [0, 0.05) is 0 Å². The third-order valence-corrected chi connectivity index (χ3v) is 3.82. The highest BCUT2D eigenvalue weighted by Crippen LogP contribution is 2.39. The monoisotopic (exact) mass is 239 g/mol. The minimum absolute atomic E-state index is 0.289. The van der Waals surface area contributed by atoms with E-state index in [0.29, 0.717) is 12.5 Å². The van der Waals surface area contributed by atoms with Crippen molar-refractivity contribution in [3.63, 3.8) is 0 Å². The van der Waals surface area contributed by atoms with Crippen LogP contribution in [-0.2, 0) is 0 Å². The van der Waals surface area contributed by atoms with Crippen LogP contribution in [0.15, 0.2) is 18.2 Å². The van der Waals surface area contributed by atoms with Crippen molar-refractivity contribution in [1.82, 2.24) is 0 Å². The number of rotatable bonds is 4. The second-order valence-corrected chi connectivity index (χ2v) is 4.90. The highest BCUT2D eigenvalue weighted by molar-refractivity contribution is 5.23. The zero-order chi connectivity index (χ0) is 12.3. The molecule has 1 aliphatic carbocycles. The molecule has 1 aromatic rings. The molecule has 0 bridgehead atoms. The van der Waals surface area contributed by atoms with Gasteiger partial charge in [-0.3, -0.25) is 0 Å². The van der Waals surface area contributed by atoms with Gasteiger partial charge in [-0.1, -0.05) is 18.9 Å². The molecule has 0 aliphatic heterocycles. The SMILES string of the molecule is NCCC(c1ccc(F)c(F)c1)C1CCCC1. The van der Waals surface area contributed by atoms with Crippen molar-refractivity contribution in [3.8, 4) is 0 Å². The molecule has 2 rings (SSSR count). The number of nitrogens with two attached hydrogens (primary N) is 1. The first-order chi connectivity index (χ1) is 8.22. The Bertz CT molecular complexity index is 372. The Morgan fingerprint density at radius 3 is 2.47 bits per heavy atom. The van der Waals surface area contributed by atoms with Crippen LogP contribution in [0.4, 0.5) is 8.78 Å². The van der Waals surface area contributed by atoms with Crippen molar-refractivity contribution in [2.75, 3.05) is 6.54 Å². The van der Waals surface area contributed by atoms with Gasteiger partial charge >= 0.3 is 0 Å². The molecule has 1 atom stereocenters. The van der Waals surface area contributed by atoms with E-state index in [1.165, 1.54) is 37.8 Å². The molecule has 0 heterocycles. The van der Waals surface area contributed by atoms with Crippen LogP contribution in [0.1, 0.15) is 43.6 Å². The van der Waals surface area contributed by atoms with Gasteiger partial charge < -0.3 is 5.73 Å². The molecule has 0 spiro atoms. The lowest BCUT2D eigenvalue weighted by molar-refractivity contribution is 0.412. The smallest absolute Gasteiger partial charge is 0.159 e. The van der Waals surface area contributed by atoms with Gasteiger partial charge in [-0.2, -0.15) is 0 Å². The van der Waals surface area contributed by atoms with Crippen molar-refractivity contribution in [3.05, 3.63) is 35.4 Å². The van der Waals surface area contributed by atoms with E-state index in [0.717, 1.165) is 12.0 Å². The summed E-state index contributed by atoms with van der Waals surface area (Å²) in [6, 6.07) is 4.27. The molecule has 1 saturated carbocycles. The molecule has 0 amide bonds. The third-order valence-electron chi connectivity index (χ3n) is 3.82. The Morgan fingerprint density at radius 2 is 1.88 bits per heavy atom. The van der Waals surface area contributed by atoms with Crippen LogP contribution < -0.4 is 5.73 Å². The molecular formula is C14H19F2N. The number of hydrogen-bond donors (Lipinski definition) is 1. The average Bonchev–Trinajstić information content (AvgIpc) is 2.83. The zero-order valence-electron chi connectivity index (χ0n) is 9.96. The third kappa shape index (κ3) is 2.83. The summed E-state index contributed by atoms with van der Waals surface area (Å²) >= 11 is 0. The van der Waals surface area contributed by atoms with Crippen LogP contribution in [-0.4, -0.2) is 6.54 Å². The predicted octanol–water partition coefficient (Wildman–Crippen LogP) is 3.59. The van der Waals surface area contributed by atoms with Gasteiger partial charge in [0.05, 0.1) is 0 Å². The fraction of sp³-hybridized carbons (Fsp3) is 0.571. The number of benzene rings is 1. The molecule has 0 saturated heterocycles. The van der Waals surface area contributed by atoms with Gasteiger partial charge in [0.1, 0.15) is 0 Å². The summed E-state index contributed by atoms with van der Waals surface area (Å²) in [6.07, 6.45) is 5.72. The van der Waals surface area contributed by atoms with Crippen molar-refractivity contribution in [1.29, 1.82) is 0 Å². The Labute approximate surface area is 101 Å². The fourth-order valence-electron chi connectivity index (χ4n) is 2.96. The molecule has 0 radical (unpaired) electrons. The Kier molecular flexibility index (Phi) is 4.11. The Morgan fingerprint density at radius 1 is 1.18 bits per heavy atom. The van der Waals surface area contributed by atoms with Gasteiger partial charge in [-0.15, -0.1) is 0 Å². The van der Waals surface area contributed by atoms with E-state index >= 15 is 0 Å². The molecular weight excluding hydrogens is 220 g/mol. The molecule has 1 aliphatic rings. The molecule has 17 heavy (non-hydrogen) atoms. The van der Waals surface area contributed by atoms with Crippen LogP contribution in [0, 0.1) is 17.6 Å². The second kappa shape index (κ2) is 5.58. The van der Waals surface area contributed by atoms with Gasteiger partial charge in [-0.05, 0) is 55.3 Å². The summed E-state index contributed by atoms with van der Waals surface area (Å²) in [6.45, 7) is 0.597. The lowest BCUT2D eigenvalue weighted by atomic mass is 9.82. The summed E-state index contributed by atoms with van der Waals surface area (Å²) in [5.41, 5.74) is 6.54. The standard InChI is InChI=1S/C14H19F2N/c15-13-6-5-11(9-14(13)16)12(7-8-17)10-3-1-2-4-10/h5-6,9-10,12H,1-4,7-8,17H2. The van der Waals surface area contributed by atoms with E-state index < -0.39 is 11.6 Å². The van der Waals surface area contributed by atoms with Crippen molar-refractivity contribution < 1.29 is 8.78 Å². The maximum atomic E-state index is 13.3. The molecule has 1 unspecified atom stereocenters. The first-order valence-corrected chi connectivity index (χ1v) is 6.37. The largest absolute Gasteiger partial charge is 0.330 e. The Hall–Kier alpha value is -0.960. The van der Waals surface area contributed by atoms with E-state index in [9.17, 15) is 8.78 Å². The summed E-state index contributed by atoms with van der Waals surface area (Å²) in [4.78, 5) is 0. The average molecular weight is 239 g/mol. The number of hydrogen-bond acceptors (Lipinski definition) is 1. The predicted molar refractivity (Wildman–Crippen MR) is 64.7 cm³/mol. The van der Waals surface area contributed by atoms with E-state index in [1.54, 1.807) is 6.07 Å². The van der Waals surface area contributed by atoms with E-state index in [1.807, 2.05) is 0 Å². The molecule has 1 aromatic carbocycles. The molecule has 3 heteroatoms. The molecule has 1 fully saturated rings. The first kappa shape index (κ1) is 12.5. The maximum Gasteiger partial charge on any atom is 0.159 e. The minimum Gasteiger partial charge on any atom is -0.330 e. The van der Waals surface area contributed by atoms with Crippen LogP contribution >= 0.6 is 0 Å². The summed E-state index contributed by atoms with van der Waals surface area (Å²) in [5.74, 6) is -0.643. The van der Waals surface area contributed by atoms with Gasteiger partial charge in [0.25, 0.3) is 0 Å². The summed E-state index contributed by atoms with van der Waals surface area (Å²) in [5, 5.41) is 0. The second-order valence-electron chi connectivity index (χ2n) is 4.90. The normalized spacial score (nSPS) is 18.5. The van der Waals surface area contributed by atoms with E-state index in [4.69, 9.17) is 5.73 Å². The van der Waals surface area contributed by atoms with E-state index in [2.05, 4.69) is 0 Å². The van der Waals surface area contributed by atoms with Crippen LogP contribution in [0.2, 0.25) is 0 Å². The Balaban J connectivity index is 2.21. The highest BCUT2D eigenvalue weighted by atomic mass is 19.2. The van der Waals surface area contributed by atoms with Crippen LogP contribution in [0.5, 0.6) is 0 Å². The van der Waals surface area contributed by atoms with Gasteiger partial charge in [-0.25, -0.2) is 8.78 Å². The highest BCUT2D eigenvalue weighted by Gasteiger charge is 2.26. The van der Waals surface area contributed by atoms with Crippen LogP contribution in [0.3, 0.4) is 0 Å². The van der Waals surface area contributed by atoms with Crippen molar-refractivity contribution >= 4 is 0 Å². The fourth-order valence-corrected chi connectivity index (χ4v) is 2.96. The molecule has 94 valence electrons. The molecule has 2 N–H and O–H groups in total. The molecule has 0 aromatic heterocycles. The van der Waals surface area contributed by atoms with E-state index in [-0.39, 0.29) is 5.92 Å². The maximum absolute atomic E-state index is 13.3. The zero-order valence-corrected chi connectivity index (χ0v) is 9.96. The van der Waals surface area contributed by atoms with Crippen molar-refractivity contribution in [2.24, 2.45) is 11.7 Å². The lowest BCUT2D eigenvalue weighted by Gasteiger charge is -2.23.